The third kappa shape index (κ3) is 4.75. The Kier molecular flexibility index (Phi) is 6.82. The van der Waals surface area contributed by atoms with E-state index in [1.807, 2.05) is 0 Å². The molecule has 1 rings (SSSR count). The smallest absolute Gasteiger partial charge is 0.0760 e. The van der Waals surface area contributed by atoms with Crippen LogP contribution >= 0.6 is 0 Å². The lowest BCUT2D eigenvalue weighted by atomic mass is 10.4. The summed E-state index contributed by atoms with van der Waals surface area (Å²) in [5.74, 6) is 0. The van der Waals surface area contributed by atoms with Crippen molar-refractivity contribution in [1.29, 1.82) is 0 Å². The summed E-state index contributed by atoms with van der Waals surface area (Å²) in [4.78, 5) is 4.35. The molecule has 0 aliphatic carbocycles. The molecule has 0 radical (unpaired) electrons. The van der Waals surface area contributed by atoms with E-state index in [-0.39, 0.29) is 0 Å². The first-order valence-corrected chi connectivity index (χ1v) is 8.62. The molecule has 0 fully saturated rings. The lowest BCUT2D eigenvalue weighted by molar-refractivity contribution is 0.875. The molecule has 0 amide bonds. The molecule has 1 aromatic carbocycles. The number of unbranched alkanes of at least 4 members (excludes halogenated alkanes) is 1. The number of hydrogen-bond donors (Lipinski definition) is 0. The fourth-order valence-corrected chi connectivity index (χ4v) is 4.84. The Bertz CT molecular complexity index is 295. The van der Waals surface area contributed by atoms with Crippen LogP contribution in [0.25, 0.3) is 0 Å². The van der Waals surface area contributed by atoms with Crippen LogP contribution in [0.1, 0.15) is 26.7 Å². The monoisotopic (exact) mass is 233 g/mol. The Balaban J connectivity index is 2.59. The van der Waals surface area contributed by atoms with Crippen molar-refractivity contribution in [2.45, 2.75) is 38.8 Å². The molecule has 2 heteroatoms. The molecular weight excluding hydrogens is 210 g/mol. The first-order valence-electron chi connectivity index (χ1n) is 6.41. The van der Waals surface area contributed by atoms with E-state index in [0.717, 1.165) is 6.54 Å². The minimum atomic E-state index is -0.791. The highest BCUT2D eigenvalue weighted by Gasteiger charge is 2.10. The third-order valence-corrected chi connectivity index (χ3v) is 6.09. The zero-order chi connectivity index (χ0) is 11.6. The van der Waals surface area contributed by atoms with Crippen LogP contribution < -0.4 is 5.19 Å². The molecule has 0 heterocycles. The van der Waals surface area contributed by atoms with Crippen LogP contribution in [0, 0.1) is 0 Å². The maximum absolute atomic E-state index is 4.35. The van der Waals surface area contributed by atoms with Gasteiger partial charge < -0.3 is 0 Å². The summed E-state index contributed by atoms with van der Waals surface area (Å²) >= 11 is 0. The second-order valence-corrected chi connectivity index (χ2v) is 7.28. The molecule has 1 nitrogen and oxygen atoms in total. The van der Waals surface area contributed by atoms with Crippen LogP contribution in [0.15, 0.2) is 35.3 Å². The zero-order valence-electron chi connectivity index (χ0n) is 10.5. The van der Waals surface area contributed by atoms with E-state index in [1.54, 1.807) is 5.19 Å². The maximum Gasteiger partial charge on any atom is 0.0760 e. The number of aliphatic imine (C=N–C) groups is 1. The quantitative estimate of drug-likeness (QED) is 0.507. The number of hydrogen-bond acceptors (Lipinski definition) is 1. The molecule has 1 aromatic rings. The summed E-state index contributed by atoms with van der Waals surface area (Å²) in [5.41, 5.74) is 0. The van der Waals surface area contributed by atoms with Gasteiger partial charge in [0.25, 0.3) is 0 Å². The van der Waals surface area contributed by atoms with Crippen LogP contribution in [-0.4, -0.2) is 21.6 Å². The Morgan fingerprint density at radius 2 is 1.94 bits per heavy atom. The van der Waals surface area contributed by atoms with Crippen LogP contribution in [0.3, 0.4) is 0 Å². The van der Waals surface area contributed by atoms with E-state index in [1.165, 1.54) is 24.9 Å². The molecule has 88 valence electrons. The highest BCUT2D eigenvalue weighted by atomic mass is 28.3. The average molecular weight is 233 g/mol. The van der Waals surface area contributed by atoms with Gasteiger partial charge in [-0.2, -0.15) is 0 Å². The second kappa shape index (κ2) is 8.28. The topological polar surface area (TPSA) is 12.4 Å². The highest BCUT2D eigenvalue weighted by Crippen LogP contribution is 2.05. The van der Waals surface area contributed by atoms with Crippen molar-refractivity contribution in [2.75, 3.05) is 6.54 Å². The first-order chi connectivity index (χ1) is 7.88. The minimum absolute atomic E-state index is 0.791. The van der Waals surface area contributed by atoms with E-state index in [2.05, 4.69) is 55.4 Å². The maximum atomic E-state index is 4.35. The standard InChI is InChI=1S/C14H23NSi/c1-3-5-12-16(13-11-15-4-2)14-9-7-6-8-10-14/h6-11,16H,3-5,12-13H2,1-2H3. The lowest BCUT2D eigenvalue weighted by Crippen LogP contribution is -2.29. The molecule has 0 aliphatic heterocycles. The van der Waals surface area contributed by atoms with E-state index in [0.29, 0.717) is 0 Å². The van der Waals surface area contributed by atoms with Crippen molar-refractivity contribution >= 4 is 20.2 Å². The fourth-order valence-electron chi connectivity index (χ4n) is 1.93. The van der Waals surface area contributed by atoms with Gasteiger partial charge in [0.05, 0.1) is 8.80 Å². The molecule has 0 aliphatic rings. The first kappa shape index (κ1) is 13.2. The van der Waals surface area contributed by atoms with Gasteiger partial charge in [-0.3, -0.25) is 4.99 Å². The van der Waals surface area contributed by atoms with Crippen LogP contribution in [0.5, 0.6) is 0 Å². The average Bonchev–Trinajstić information content (AvgIpc) is 2.35. The fraction of sp³-hybridized carbons (Fsp3) is 0.500. The third-order valence-electron chi connectivity index (χ3n) is 2.88. The Morgan fingerprint density at radius 1 is 1.19 bits per heavy atom. The van der Waals surface area contributed by atoms with Crippen molar-refractivity contribution in [2.24, 2.45) is 4.99 Å². The minimum Gasteiger partial charge on any atom is -0.298 e. The predicted molar refractivity (Wildman–Crippen MR) is 76.8 cm³/mol. The lowest BCUT2D eigenvalue weighted by Gasteiger charge is -2.12. The van der Waals surface area contributed by atoms with Crippen LogP contribution in [0.4, 0.5) is 0 Å². The second-order valence-electron chi connectivity index (χ2n) is 4.17. The highest BCUT2D eigenvalue weighted by molar-refractivity contribution is 6.75. The van der Waals surface area contributed by atoms with E-state index >= 15 is 0 Å². The van der Waals surface area contributed by atoms with Gasteiger partial charge in [0.15, 0.2) is 0 Å². The molecule has 16 heavy (non-hydrogen) atoms. The summed E-state index contributed by atoms with van der Waals surface area (Å²) in [6.07, 6.45) is 4.83. The summed E-state index contributed by atoms with van der Waals surface area (Å²) in [5, 5.41) is 1.60. The summed E-state index contributed by atoms with van der Waals surface area (Å²) in [6.45, 7) is 5.29. The van der Waals surface area contributed by atoms with Crippen molar-refractivity contribution in [3.05, 3.63) is 30.3 Å². The predicted octanol–water partition coefficient (Wildman–Crippen LogP) is 3.01. The SMILES string of the molecule is CCCC[SiH](CC=NCC)c1ccccc1. The molecule has 0 saturated carbocycles. The van der Waals surface area contributed by atoms with Gasteiger partial charge >= 0.3 is 0 Å². The molecular formula is C14H23NSi. The van der Waals surface area contributed by atoms with E-state index in [4.69, 9.17) is 0 Å². The van der Waals surface area contributed by atoms with Gasteiger partial charge in [0, 0.05) is 6.54 Å². The molecule has 0 aromatic heterocycles. The summed E-state index contributed by atoms with van der Waals surface area (Å²) in [6, 6.07) is 13.7. The van der Waals surface area contributed by atoms with Crippen molar-refractivity contribution in [3.8, 4) is 0 Å². The van der Waals surface area contributed by atoms with Crippen LogP contribution in [0.2, 0.25) is 12.1 Å². The van der Waals surface area contributed by atoms with Crippen molar-refractivity contribution in [3.63, 3.8) is 0 Å². The van der Waals surface area contributed by atoms with Gasteiger partial charge in [0.2, 0.25) is 0 Å². The number of rotatable bonds is 7. The molecule has 0 spiro atoms. The van der Waals surface area contributed by atoms with E-state index in [9.17, 15) is 0 Å². The molecule has 0 bridgehead atoms. The summed E-state index contributed by atoms with van der Waals surface area (Å²) < 4.78 is 0. The molecule has 0 saturated heterocycles. The van der Waals surface area contributed by atoms with Gasteiger partial charge in [-0.25, -0.2) is 0 Å². The van der Waals surface area contributed by atoms with Crippen molar-refractivity contribution < 1.29 is 0 Å². The number of nitrogens with zero attached hydrogens (tertiary/aromatic N) is 1. The van der Waals surface area contributed by atoms with E-state index < -0.39 is 8.80 Å². The molecule has 0 N–H and O–H groups in total. The largest absolute Gasteiger partial charge is 0.298 e. The Hall–Kier alpha value is -0.893. The molecule has 1 unspecified atom stereocenters. The van der Waals surface area contributed by atoms with Gasteiger partial charge in [-0.15, -0.1) is 0 Å². The van der Waals surface area contributed by atoms with Crippen LogP contribution in [-0.2, 0) is 0 Å². The van der Waals surface area contributed by atoms with Gasteiger partial charge in [0.1, 0.15) is 0 Å². The Labute approximate surface area is 101 Å². The van der Waals surface area contributed by atoms with Gasteiger partial charge in [-0.05, 0) is 19.2 Å². The summed E-state index contributed by atoms with van der Waals surface area (Å²) in [7, 11) is -0.791. The number of benzene rings is 1. The van der Waals surface area contributed by atoms with Gasteiger partial charge in [-0.1, -0.05) is 61.3 Å². The Morgan fingerprint density at radius 3 is 2.56 bits per heavy atom. The normalized spacial score (nSPS) is 13.1. The zero-order valence-corrected chi connectivity index (χ0v) is 11.7. The van der Waals surface area contributed by atoms with Crippen molar-refractivity contribution in [1.82, 2.24) is 0 Å². The molecule has 1 atom stereocenters.